The highest BCUT2D eigenvalue weighted by atomic mass is 16.5. The number of hydrogen-bond donors (Lipinski definition) is 7. The number of carbonyl (C=O) groups excluding carboxylic acids is 1. The Kier molecular flexibility index (Phi) is 16.6. The Morgan fingerprint density at radius 2 is 1.58 bits per heavy atom. The quantitative estimate of drug-likeness (QED) is 0.0538. The molecule has 1 aromatic carbocycles. The fourth-order valence-corrected chi connectivity index (χ4v) is 4.46. The number of aliphatic hydroxyl groups excluding tert-OH is 5. The zero-order valence-corrected chi connectivity index (χ0v) is 25.0. The number of unbranched alkanes of at least 4 members (excludes halogenated alkanes) is 4. The van der Waals surface area contributed by atoms with Gasteiger partial charge in [-0.05, 0) is 49.9 Å². The minimum absolute atomic E-state index is 0.00282. The number of amides is 1. The van der Waals surface area contributed by atoms with Gasteiger partial charge in [-0.1, -0.05) is 38.3 Å². The maximum Gasteiger partial charge on any atom is 0.269 e. The number of aliphatic imine (C=N–C) groups is 1. The summed E-state index contributed by atoms with van der Waals surface area (Å²) in [6.07, 6.45) is 3.39. The molecule has 0 unspecified atom stereocenters. The van der Waals surface area contributed by atoms with Crippen LogP contribution in [0.4, 0.5) is 0 Å². The SMILES string of the molecule is CCCCCCN(CCOc1ccc(CCCCN=C(N)c2nccnc2C(N)=O)cc1)C[C@H](O)[C@@H](O)[C@@H](O)[C@H](O)CO. The Hall–Kier alpha value is -3.20. The van der Waals surface area contributed by atoms with Crippen LogP contribution >= 0.6 is 0 Å². The minimum atomic E-state index is -1.65. The normalized spacial score (nSPS) is 14.8. The second-order valence-corrected chi connectivity index (χ2v) is 10.5. The zero-order valence-electron chi connectivity index (χ0n) is 25.0. The number of nitrogens with two attached hydrogens (primary N) is 2. The molecule has 0 saturated heterocycles. The van der Waals surface area contributed by atoms with Crippen molar-refractivity contribution in [3.05, 3.63) is 53.6 Å². The van der Waals surface area contributed by atoms with Gasteiger partial charge in [-0.3, -0.25) is 14.7 Å². The first-order valence-electron chi connectivity index (χ1n) is 14.9. The van der Waals surface area contributed by atoms with Crippen LogP contribution in [0.15, 0.2) is 41.7 Å². The molecule has 1 amide bonds. The van der Waals surface area contributed by atoms with Crippen LogP contribution in [0.2, 0.25) is 0 Å². The Bertz CT molecular complexity index is 1100. The third-order valence-electron chi connectivity index (χ3n) is 7.03. The summed E-state index contributed by atoms with van der Waals surface area (Å²) in [7, 11) is 0. The molecule has 0 aliphatic rings. The Morgan fingerprint density at radius 3 is 2.23 bits per heavy atom. The molecule has 0 saturated carbocycles. The number of benzene rings is 1. The average molecular weight is 605 g/mol. The number of nitrogens with zero attached hydrogens (tertiary/aromatic N) is 4. The highest BCUT2D eigenvalue weighted by Crippen LogP contribution is 2.15. The van der Waals surface area contributed by atoms with Crippen LogP contribution in [-0.4, -0.2) is 116 Å². The third-order valence-corrected chi connectivity index (χ3v) is 7.03. The van der Waals surface area contributed by atoms with Crippen molar-refractivity contribution in [1.82, 2.24) is 14.9 Å². The number of aromatic nitrogens is 2. The lowest BCUT2D eigenvalue weighted by Gasteiger charge is -2.30. The van der Waals surface area contributed by atoms with Gasteiger partial charge in [0.25, 0.3) is 5.91 Å². The zero-order chi connectivity index (χ0) is 31.6. The summed E-state index contributed by atoms with van der Waals surface area (Å²) >= 11 is 0. The van der Waals surface area contributed by atoms with Crippen molar-refractivity contribution in [2.75, 3.05) is 39.4 Å². The number of hydrogen-bond acceptors (Lipinski definition) is 11. The monoisotopic (exact) mass is 604 g/mol. The molecule has 1 aromatic heterocycles. The third kappa shape index (κ3) is 12.9. The first-order chi connectivity index (χ1) is 20.7. The summed E-state index contributed by atoms with van der Waals surface area (Å²) in [5.74, 6) is 0.134. The fourth-order valence-electron chi connectivity index (χ4n) is 4.46. The van der Waals surface area contributed by atoms with Gasteiger partial charge in [-0.15, -0.1) is 0 Å². The molecule has 0 bridgehead atoms. The molecular weight excluding hydrogens is 556 g/mol. The summed E-state index contributed by atoms with van der Waals surface area (Å²) in [4.78, 5) is 25.7. The second kappa shape index (κ2) is 19.9. The largest absolute Gasteiger partial charge is 0.492 e. The molecule has 0 fully saturated rings. The lowest BCUT2D eigenvalue weighted by molar-refractivity contribution is -0.119. The summed E-state index contributed by atoms with van der Waals surface area (Å²) < 4.78 is 5.92. The Morgan fingerprint density at radius 1 is 0.907 bits per heavy atom. The van der Waals surface area contributed by atoms with E-state index in [9.17, 15) is 25.2 Å². The molecule has 13 nitrogen and oxygen atoms in total. The van der Waals surface area contributed by atoms with Crippen molar-refractivity contribution in [3.63, 3.8) is 0 Å². The molecule has 240 valence electrons. The molecule has 0 spiro atoms. The lowest BCUT2D eigenvalue weighted by atomic mass is 10.0. The number of aliphatic hydroxyl groups is 5. The first-order valence-corrected chi connectivity index (χ1v) is 14.9. The Balaban J connectivity index is 1.79. The van der Waals surface area contributed by atoms with E-state index in [0.717, 1.165) is 50.5 Å². The molecule has 1 heterocycles. The van der Waals surface area contributed by atoms with Crippen LogP contribution in [0.3, 0.4) is 0 Å². The van der Waals surface area contributed by atoms with Crippen molar-refractivity contribution >= 4 is 11.7 Å². The topological polar surface area (TPSA) is 221 Å². The predicted molar refractivity (Wildman–Crippen MR) is 163 cm³/mol. The molecule has 13 heteroatoms. The van der Waals surface area contributed by atoms with E-state index in [0.29, 0.717) is 32.0 Å². The Labute approximate surface area is 253 Å². The highest BCUT2D eigenvalue weighted by molar-refractivity contribution is 6.05. The van der Waals surface area contributed by atoms with E-state index in [1.165, 1.54) is 12.4 Å². The number of amidine groups is 1. The summed E-state index contributed by atoms with van der Waals surface area (Å²) in [6.45, 7) is 3.52. The van der Waals surface area contributed by atoms with Gasteiger partial charge < -0.3 is 41.7 Å². The van der Waals surface area contributed by atoms with Crippen LogP contribution in [0.25, 0.3) is 0 Å². The number of rotatable bonds is 22. The van der Waals surface area contributed by atoms with Crippen LogP contribution in [0.5, 0.6) is 5.75 Å². The van der Waals surface area contributed by atoms with Gasteiger partial charge in [0.2, 0.25) is 0 Å². The molecule has 0 aliphatic heterocycles. The van der Waals surface area contributed by atoms with Crippen LogP contribution in [0, 0.1) is 0 Å². The molecule has 2 rings (SSSR count). The van der Waals surface area contributed by atoms with Crippen LogP contribution < -0.4 is 16.2 Å². The molecule has 2 aromatic rings. The van der Waals surface area contributed by atoms with E-state index < -0.39 is 36.9 Å². The molecule has 4 atom stereocenters. The summed E-state index contributed by atoms with van der Waals surface area (Å²) in [5, 5.41) is 49.2. The van der Waals surface area contributed by atoms with Crippen molar-refractivity contribution < 1.29 is 35.1 Å². The number of carbonyl (C=O) groups is 1. The smallest absolute Gasteiger partial charge is 0.269 e. The maximum atomic E-state index is 11.5. The van der Waals surface area contributed by atoms with Gasteiger partial charge in [0.05, 0.1) is 12.7 Å². The van der Waals surface area contributed by atoms with Gasteiger partial charge in [-0.25, -0.2) is 9.97 Å². The van der Waals surface area contributed by atoms with Crippen molar-refractivity contribution in [1.29, 1.82) is 0 Å². The highest BCUT2D eigenvalue weighted by Gasteiger charge is 2.31. The van der Waals surface area contributed by atoms with Gasteiger partial charge in [0.1, 0.15) is 42.2 Å². The average Bonchev–Trinajstić information content (AvgIpc) is 3.02. The predicted octanol–water partition coefficient (Wildman–Crippen LogP) is 0.000700. The van der Waals surface area contributed by atoms with Crippen molar-refractivity contribution in [3.8, 4) is 5.75 Å². The standard InChI is InChI=1S/C30H48N6O7/c1-2-3-4-7-16-36(19-23(38)27(40)28(41)24(39)20-37)17-18-43-22-11-9-21(10-12-22)8-5-6-13-35-29(31)25-26(30(32)42)34-15-14-33-25/h9-12,14-15,23-24,27-28,37-41H,2-8,13,16-20H2,1H3,(H2,31,35)(H2,32,42)/t23-,24+,27+,28-/m0/s1. The van der Waals surface area contributed by atoms with Crippen LogP contribution in [0.1, 0.15) is 67.2 Å². The number of aryl methyl sites for hydroxylation is 1. The molecule has 0 aliphatic carbocycles. The lowest BCUT2D eigenvalue weighted by Crippen LogP contribution is -2.50. The second-order valence-electron chi connectivity index (χ2n) is 10.5. The maximum absolute atomic E-state index is 11.5. The van der Waals surface area contributed by atoms with E-state index in [1.54, 1.807) is 0 Å². The molecular formula is C30H48N6O7. The van der Waals surface area contributed by atoms with Gasteiger partial charge in [0, 0.05) is 32.0 Å². The van der Waals surface area contributed by atoms with Crippen LogP contribution in [-0.2, 0) is 6.42 Å². The van der Waals surface area contributed by atoms with E-state index in [1.807, 2.05) is 29.2 Å². The van der Waals surface area contributed by atoms with E-state index in [2.05, 4.69) is 21.9 Å². The fraction of sp³-hybridized carbons (Fsp3) is 0.600. The minimum Gasteiger partial charge on any atom is -0.492 e. The first kappa shape index (κ1) is 36.0. The van der Waals surface area contributed by atoms with E-state index >= 15 is 0 Å². The van der Waals surface area contributed by atoms with E-state index in [-0.39, 0.29) is 23.8 Å². The van der Waals surface area contributed by atoms with Gasteiger partial charge in [-0.2, -0.15) is 0 Å². The van der Waals surface area contributed by atoms with Crippen molar-refractivity contribution in [2.45, 2.75) is 76.3 Å². The van der Waals surface area contributed by atoms with E-state index in [4.69, 9.17) is 21.3 Å². The summed E-state index contributed by atoms with van der Waals surface area (Å²) in [6, 6.07) is 7.81. The molecule has 9 N–H and O–H groups in total. The molecule has 43 heavy (non-hydrogen) atoms. The molecule has 0 radical (unpaired) electrons. The van der Waals surface area contributed by atoms with Crippen molar-refractivity contribution in [2.24, 2.45) is 16.5 Å². The number of ether oxygens (including phenoxy) is 1. The summed E-state index contributed by atoms with van der Waals surface area (Å²) in [5.41, 5.74) is 12.6. The number of primary amides is 1. The van der Waals surface area contributed by atoms with Gasteiger partial charge >= 0.3 is 0 Å². The van der Waals surface area contributed by atoms with Gasteiger partial charge in [0.15, 0.2) is 5.69 Å².